The Balaban J connectivity index is 0. The van der Waals surface area contributed by atoms with Crippen LogP contribution in [0.5, 0.6) is 0 Å². The number of carbonyl (C=O) groups is 3. The van der Waals surface area contributed by atoms with Gasteiger partial charge in [-0.25, -0.2) is 0 Å². The summed E-state index contributed by atoms with van der Waals surface area (Å²) in [7, 11) is 0. The molecule has 0 saturated carbocycles. The average Bonchev–Trinajstić information content (AvgIpc) is 2.67. The molecule has 0 spiro atoms. The van der Waals surface area contributed by atoms with Gasteiger partial charge >= 0.3 is 0 Å². The molecule has 0 aromatic rings. The molecule has 0 unspecified atom stereocenters. The van der Waals surface area contributed by atoms with Crippen molar-refractivity contribution in [3.8, 4) is 0 Å². The predicted molar refractivity (Wildman–Crippen MR) is 116 cm³/mol. The van der Waals surface area contributed by atoms with Gasteiger partial charge in [0.15, 0.2) is 0 Å². The number of hydrogen-bond donors (Lipinski definition) is 1. The fourth-order valence-electron chi connectivity index (χ4n) is 3.43. The van der Waals surface area contributed by atoms with E-state index in [2.05, 4.69) is 12.2 Å². The monoisotopic (exact) mass is 549 g/mol. The third-order valence-corrected chi connectivity index (χ3v) is 5.26. The van der Waals surface area contributed by atoms with Crippen LogP contribution in [0, 0.1) is 0 Å². The van der Waals surface area contributed by atoms with Crippen molar-refractivity contribution in [2.45, 2.75) is 129 Å². The molecule has 1 N–H and O–H groups in total. The smallest absolute Gasteiger partial charge is 0.220 e. The van der Waals surface area contributed by atoms with Crippen LogP contribution in [0.3, 0.4) is 0 Å². The Bertz CT molecular complexity index is 445. The number of aliphatic carboxylic acids is 2. The zero-order valence-electron chi connectivity index (χ0n) is 19.1. The number of rotatable bonds is 21. The number of carboxylic acids is 2. The summed E-state index contributed by atoms with van der Waals surface area (Å²) in [5.41, 5.74) is 0. The van der Waals surface area contributed by atoms with E-state index in [0.29, 0.717) is 6.42 Å². The third-order valence-electron chi connectivity index (χ3n) is 5.26. The Morgan fingerprint density at radius 3 is 1.43 bits per heavy atom. The zero-order chi connectivity index (χ0) is 21.7. The molecule has 30 heavy (non-hydrogen) atoms. The van der Waals surface area contributed by atoms with E-state index in [1.165, 1.54) is 77.0 Å². The van der Waals surface area contributed by atoms with Gasteiger partial charge in [0.2, 0.25) is 5.91 Å². The maximum Gasteiger partial charge on any atom is 0.220 e. The second-order valence-electron chi connectivity index (χ2n) is 8.05. The first-order chi connectivity index (χ1) is 14.0. The van der Waals surface area contributed by atoms with Gasteiger partial charge in [0.05, 0.1) is 12.0 Å². The van der Waals surface area contributed by atoms with Crippen LogP contribution >= 0.6 is 0 Å². The first kappa shape index (κ1) is 32.2. The molecule has 0 fully saturated rings. The standard InChI is InChI=1S/C23H43NO5.Ba/c1-2-3-4-5-6-7-8-9-10-11-12-13-14-15-16-17-21(25)24-20(23(28)29)18-19-22(26)27;/h20H,2-19H2,1H3,(H,24,25)(H,26,27)(H,28,29);/p-2/t20-;/m0./s1. The average molecular weight is 549 g/mol. The summed E-state index contributed by atoms with van der Waals surface area (Å²) in [6.07, 6.45) is 18.3. The summed E-state index contributed by atoms with van der Waals surface area (Å²) < 4.78 is 0. The van der Waals surface area contributed by atoms with Crippen molar-refractivity contribution in [2.75, 3.05) is 0 Å². The minimum Gasteiger partial charge on any atom is -0.550 e. The molecule has 0 rings (SSSR count). The molecule has 1 amide bonds. The van der Waals surface area contributed by atoms with Gasteiger partial charge in [-0.1, -0.05) is 96.8 Å². The van der Waals surface area contributed by atoms with Gasteiger partial charge in [0, 0.05) is 61.3 Å². The van der Waals surface area contributed by atoms with Crippen molar-refractivity contribution >= 4 is 66.7 Å². The molecule has 0 aliphatic carbocycles. The van der Waals surface area contributed by atoms with Gasteiger partial charge < -0.3 is 25.1 Å². The van der Waals surface area contributed by atoms with Crippen LogP contribution in [-0.4, -0.2) is 72.8 Å². The molecule has 0 aromatic carbocycles. The number of hydrogen-bond acceptors (Lipinski definition) is 5. The Hall–Kier alpha value is -0.0186. The molecule has 0 saturated heterocycles. The Morgan fingerprint density at radius 1 is 0.667 bits per heavy atom. The number of amides is 1. The Morgan fingerprint density at radius 2 is 1.07 bits per heavy atom. The van der Waals surface area contributed by atoms with Gasteiger partial charge in [-0.05, 0) is 19.3 Å². The summed E-state index contributed by atoms with van der Waals surface area (Å²) in [4.78, 5) is 33.1. The maximum absolute atomic E-state index is 11.8. The van der Waals surface area contributed by atoms with Crippen molar-refractivity contribution < 1.29 is 24.6 Å². The molecule has 0 aliphatic rings. The van der Waals surface area contributed by atoms with Crippen LogP contribution in [0.15, 0.2) is 0 Å². The molecular formula is C23H41BaNO5-2. The van der Waals surface area contributed by atoms with Crippen molar-refractivity contribution in [3.05, 3.63) is 0 Å². The second kappa shape index (κ2) is 23.6. The van der Waals surface area contributed by atoms with Crippen LogP contribution in [0.1, 0.15) is 122 Å². The van der Waals surface area contributed by atoms with Crippen molar-refractivity contribution in [1.82, 2.24) is 5.32 Å². The molecule has 7 heteroatoms. The molecular weight excluding hydrogens is 508 g/mol. The molecule has 0 bridgehead atoms. The molecule has 0 heterocycles. The van der Waals surface area contributed by atoms with Crippen LogP contribution < -0.4 is 15.5 Å². The summed E-state index contributed by atoms with van der Waals surface area (Å²) in [5, 5.41) is 23.7. The fraction of sp³-hybridized carbons (Fsp3) is 0.870. The van der Waals surface area contributed by atoms with E-state index in [4.69, 9.17) is 0 Å². The number of carbonyl (C=O) groups excluding carboxylic acids is 3. The van der Waals surface area contributed by atoms with E-state index in [-0.39, 0.29) is 67.6 Å². The zero-order valence-corrected chi connectivity index (χ0v) is 23.5. The minimum absolute atomic E-state index is 0. The fourth-order valence-corrected chi connectivity index (χ4v) is 3.43. The van der Waals surface area contributed by atoms with Gasteiger partial charge in [0.25, 0.3) is 0 Å². The number of unbranched alkanes of at least 4 members (excludes halogenated alkanes) is 14. The van der Waals surface area contributed by atoms with E-state index in [1.54, 1.807) is 0 Å². The van der Waals surface area contributed by atoms with Crippen LogP contribution in [0.4, 0.5) is 0 Å². The SMILES string of the molecule is CCCCCCCCCCCCCCCCCC(=O)N[C@@H](CCC(=O)[O-])C(=O)[O-].[Ba]. The normalized spacial score (nSPS) is 11.5. The van der Waals surface area contributed by atoms with Crippen LogP contribution in [0.25, 0.3) is 0 Å². The van der Waals surface area contributed by atoms with Crippen molar-refractivity contribution in [2.24, 2.45) is 0 Å². The van der Waals surface area contributed by atoms with E-state index >= 15 is 0 Å². The minimum atomic E-state index is -1.46. The molecule has 172 valence electrons. The second-order valence-corrected chi connectivity index (χ2v) is 8.05. The van der Waals surface area contributed by atoms with E-state index in [0.717, 1.165) is 12.8 Å². The first-order valence-electron chi connectivity index (χ1n) is 11.7. The van der Waals surface area contributed by atoms with Gasteiger partial charge in [0.1, 0.15) is 0 Å². The van der Waals surface area contributed by atoms with Gasteiger partial charge in [-0.15, -0.1) is 0 Å². The molecule has 0 aromatic heterocycles. The number of nitrogens with one attached hydrogen (secondary N) is 1. The largest absolute Gasteiger partial charge is 0.550 e. The topological polar surface area (TPSA) is 109 Å². The number of carboxylic acid groups (broad SMARTS) is 2. The molecule has 0 aliphatic heterocycles. The van der Waals surface area contributed by atoms with Gasteiger partial charge in [-0.3, -0.25) is 4.79 Å². The third kappa shape index (κ3) is 22.7. The Kier molecular flexibility index (Phi) is 25.3. The summed E-state index contributed by atoms with van der Waals surface area (Å²) in [6.45, 7) is 2.25. The molecule has 1 atom stereocenters. The molecule has 2 radical (unpaired) electrons. The van der Waals surface area contributed by atoms with E-state index < -0.39 is 24.4 Å². The van der Waals surface area contributed by atoms with Crippen LogP contribution in [0.2, 0.25) is 0 Å². The van der Waals surface area contributed by atoms with Gasteiger partial charge in [-0.2, -0.15) is 0 Å². The predicted octanol–water partition coefficient (Wildman–Crippen LogP) is 2.63. The Labute approximate surface area is 223 Å². The van der Waals surface area contributed by atoms with E-state index in [9.17, 15) is 24.6 Å². The van der Waals surface area contributed by atoms with Crippen molar-refractivity contribution in [1.29, 1.82) is 0 Å². The van der Waals surface area contributed by atoms with Crippen molar-refractivity contribution in [3.63, 3.8) is 0 Å². The van der Waals surface area contributed by atoms with E-state index in [1.807, 2.05) is 0 Å². The summed E-state index contributed by atoms with van der Waals surface area (Å²) >= 11 is 0. The molecule has 6 nitrogen and oxygen atoms in total. The quantitative estimate of drug-likeness (QED) is 0.175. The van der Waals surface area contributed by atoms with Crippen LogP contribution in [-0.2, 0) is 14.4 Å². The summed E-state index contributed by atoms with van der Waals surface area (Å²) in [6, 6.07) is -1.27. The summed E-state index contributed by atoms with van der Waals surface area (Å²) in [5.74, 6) is -3.17. The maximum atomic E-state index is 11.8. The first-order valence-corrected chi connectivity index (χ1v) is 11.7.